The summed E-state index contributed by atoms with van der Waals surface area (Å²) in [4.78, 5) is 24.5. The van der Waals surface area contributed by atoms with Gasteiger partial charge in [0, 0.05) is 26.6 Å². The largest absolute Gasteiger partial charge is 0.396 e. The minimum absolute atomic E-state index is 0.0617. The predicted molar refractivity (Wildman–Crippen MR) is 59.7 cm³/mol. The Morgan fingerprint density at radius 3 is 2.81 bits per heavy atom. The maximum absolute atomic E-state index is 11.9. The van der Waals surface area contributed by atoms with Gasteiger partial charge in [0.25, 0.3) is 0 Å². The summed E-state index contributed by atoms with van der Waals surface area (Å²) in [5, 5.41) is 11.6. The van der Waals surface area contributed by atoms with Crippen LogP contribution >= 0.6 is 0 Å². The number of hydrogen-bond acceptors (Lipinski definition) is 3. The molecular formula is C11H20N2O3. The second-order valence-electron chi connectivity index (χ2n) is 4.40. The van der Waals surface area contributed by atoms with Gasteiger partial charge in [0.2, 0.25) is 11.8 Å². The number of aliphatic hydroxyl groups is 1. The van der Waals surface area contributed by atoms with Gasteiger partial charge in [-0.1, -0.05) is 0 Å². The summed E-state index contributed by atoms with van der Waals surface area (Å²) < 4.78 is 0. The van der Waals surface area contributed by atoms with Crippen molar-refractivity contribution in [1.29, 1.82) is 0 Å². The molecule has 2 amide bonds. The zero-order valence-corrected chi connectivity index (χ0v) is 9.90. The zero-order chi connectivity index (χ0) is 12.1. The molecule has 0 spiro atoms. The lowest BCUT2D eigenvalue weighted by atomic mass is 9.98. The predicted octanol–water partition coefficient (Wildman–Crippen LogP) is -0.258. The van der Waals surface area contributed by atoms with Crippen molar-refractivity contribution >= 4 is 11.8 Å². The average Bonchev–Trinajstić information content (AvgIpc) is 2.27. The lowest BCUT2D eigenvalue weighted by Crippen LogP contribution is -2.50. The lowest BCUT2D eigenvalue weighted by Gasteiger charge is -2.33. The standard InChI is InChI=1S/C11H20N2O3/c1-8(12-9(2)15)11(16)13-5-3-4-10(6-13)7-14/h8,10,14H,3-7H2,1-2H3,(H,12,15). The quantitative estimate of drug-likeness (QED) is 0.699. The topological polar surface area (TPSA) is 69.6 Å². The number of hydrogen-bond donors (Lipinski definition) is 2. The first-order valence-corrected chi connectivity index (χ1v) is 5.71. The zero-order valence-electron chi connectivity index (χ0n) is 9.90. The van der Waals surface area contributed by atoms with Crippen LogP contribution in [-0.2, 0) is 9.59 Å². The first-order chi connectivity index (χ1) is 7.54. The molecule has 1 rings (SSSR count). The van der Waals surface area contributed by atoms with Crippen LogP contribution in [0.5, 0.6) is 0 Å². The van der Waals surface area contributed by atoms with Crippen LogP contribution in [0.15, 0.2) is 0 Å². The van der Waals surface area contributed by atoms with Crippen LogP contribution in [0, 0.1) is 5.92 Å². The second kappa shape index (κ2) is 5.84. The molecule has 2 N–H and O–H groups in total. The number of piperidine rings is 1. The molecular weight excluding hydrogens is 208 g/mol. The molecule has 5 heteroatoms. The number of nitrogens with one attached hydrogen (secondary N) is 1. The van der Waals surface area contributed by atoms with E-state index >= 15 is 0 Å². The van der Waals surface area contributed by atoms with Crippen LogP contribution in [-0.4, -0.2) is 47.6 Å². The van der Waals surface area contributed by atoms with Gasteiger partial charge in [0.05, 0.1) is 0 Å². The van der Waals surface area contributed by atoms with E-state index in [9.17, 15) is 9.59 Å². The molecule has 0 aromatic rings. The van der Waals surface area contributed by atoms with E-state index in [0.717, 1.165) is 19.4 Å². The first kappa shape index (κ1) is 13.0. The molecule has 1 fully saturated rings. The van der Waals surface area contributed by atoms with Crippen LogP contribution in [0.25, 0.3) is 0 Å². The normalized spacial score (nSPS) is 22.7. The molecule has 0 aromatic heterocycles. The Balaban J connectivity index is 2.49. The Labute approximate surface area is 95.8 Å². The summed E-state index contributed by atoms with van der Waals surface area (Å²) in [5.74, 6) is -0.0767. The fraction of sp³-hybridized carbons (Fsp3) is 0.818. The number of likely N-dealkylation sites (tertiary alicyclic amines) is 1. The van der Waals surface area contributed by atoms with Crippen LogP contribution in [0.1, 0.15) is 26.7 Å². The summed E-state index contributed by atoms with van der Waals surface area (Å²) >= 11 is 0. The highest BCUT2D eigenvalue weighted by Gasteiger charge is 2.26. The number of carbonyl (C=O) groups is 2. The van der Waals surface area contributed by atoms with Crippen LogP contribution < -0.4 is 5.32 Å². The summed E-state index contributed by atoms with van der Waals surface area (Å²) in [7, 11) is 0. The highest BCUT2D eigenvalue weighted by Crippen LogP contribution is 2.16. The molecule has 2 atom stereocenters. The molecule has 2 unspecified atom stereocenters. The summed E-state index contributed by atoms with van der Waals surface area (Å²) in [5.41, 5.74) is 0. The van der Waals surface area contributed by atoms with Crippen molar-refractivity contribution in [2.24, 2.45) is 5.92 Å². The first-order valence-electron chi connectivity index (χ1n) is 5.71. The molecule has 5 nitrogen and oxygen atoms in total. The summed E-state index contributed by atoms with van der Waals surface area (Å²) in [6.07, 6.45) is 1.89. The summed E-state index contributed by atoms with van der Waals surface area (Å²) in [6, 6.07) is -0.477. The molecule has 0 aliphatic carbocycles. The van der Waals surface area contributed by atoms with Crippen molar-refractivity contribution in [2.75, 3.05) is 19.7 Å². The smallest absolute Gasteiger partial charge is 0.244 e. The van der Waals surface area contributed by atoms with E-state index in [-0.39, 0.29) is 24.3 Å². The molecule has 0 saturated carbocycles. The molecule has 92 valence electrons. The lowest BCUT2D eigenvalue weighted by molar-refractivity contribution is -0.137. The van der Waals surface area contributed by atoms with E-state index in [0.29, 0.717) is 6.54 Å². The number of amides is 2. The van der Waals surface area contributed by atoms with Gasteiger partial charge in [0.15, 0.2) is 0 Å². The van der Waals surface area contributed by atoms with Crippen molar-refractivity contribution in [3.05, 3.63) is 0 Å². The number of carbonyl (C=O) groups excluding carboxylic acids is 2. The molecule has 16 heavy (non-hydrogen) atoms. The monoisotopic (exact) mass is 228 g/mol. The van der Waals surface area contributed by atoms with Crippen LogP contribution in [0.3, 0.4) is 0 Å². The minimum Gasteiger partial charge on any atom is -0.396 e. The third kappa shape index (κ3) is 3.48. The third-order valence-corrected chi connectivity index (χ3v) is 2.88. The van der Waals surface area contributed by atoms with Gasteiger partial charge in [0.1, 0.15) is 6.04 Å². The van der Waals surface area contributed by atoms with E-state index < -0.39 is 6.04 Å². The van der Waals surface area contributed by atoms with E-state index in [1.54, 1.807) is 11.8 Å². The van der Waals surface area contributed by atoms with Crippen LogP contribution in [0.4, 0.5) is 0 Å². The molecule has 1 aliphatic rings. The molecule has 1 heterocycles. The SMILES string of the molecule is CC(=O)NC(C)C(=O)N1CCCC(CO)C1. The van der Waals surface area contributed by atoms with E-state index in [2.05, 4.69) is 5.32 Å². The van der Waals surface area contributed by atoms with E-state index in [1.165, 1.54) is 6.92 Å². The maximum Gasteiger partial charge on any atom is 0.244 e. The molecule has 0 bridgehead atoms. The molecule has 0 aromatic carbocycles. The van der Waals surface area contributed by atoms with Gasteiger partial charge in [-0.2, -0.15) is 0 Å². The van der Waals surface area contributed by atoms with E-state index in [4.69, 9.17) is 5.11 Å². The summed E-state index contributed by atoms with van der Waals surface area (Å²) in [6.45, 7) is 4.53. The van der Waals surface area contributed by atoms with Crippen molar-refractivity contribution < 1.29 is 14.7 Å². The molecule has 1 aliphatic heterocycles. The highest BCUT2D eigenvalue weighted by atomic mass is 16.3. The fourth-order valence-electron chi connectivity index (χ4n) is 2.05. The minimum atomic E-state index is -0.477. The van der Waals surface area contributed by atoms with Gasteiger partial charge in [-0.3, -0.25) is 9.59 Å². The van der Waals surface area contributed by atoms with Crippen LogP contribution in [0.2, 0.25) is 0 Å². The maximum atomic E-state index is 11.9. The van der Waals surface area contributed by atoms with Gasteiger partial charge in [-0.25, -0.2) is 0 Å². The second-order valence-corrected chi connectivity index (χ2v) is 4.40. The third-order valence-electron chi connectivity index (χ3n) is 2.88. The van der Waals surface area contributed by atoms with Crippen molar-refractivity contribution in [1.82, 2.24) is 10.2 Å². The highest BCUT2D eigenvalue weighted by molar-refractivity contribution is 5.86. The Morgan fingerprint density at radius 1 is 1.56 bits per heavy atom. The van der Waals surface area contributed by atoms with Gasteiger partial charge >= 0.3 is 0 Å². The van der Waals surface area contributed by atoms with E-state index in [1.807, 2.05) is 0 Å². The number of rotatable bonds is 3. The van der Waals surface area contributed by atoms with Crippen molar-refractivity contribution in [3.63, 3.8) is 0 Å². The molecule has 1 saturated heterocycles. The Hall–Kier alpha value is -1.10. The van der Waals surface area contributed by atoms with Crippen molar-refractivity contribution in [3.8, 4) is 0 Å². The number of nitrogens with zero attached hydrogens (tertiary/aromatic N) is 1. The Morgan fingerprint density at radius 2 is 2.25 bits per heavy atom. The van der Waals surface area contributed by atoms with Gasteiger partial charge in [-0.15, -0.1) is 0 Å². The fourth-order valence-corrected chi connectivity index (χ4v) is 2.05. The van der Waals surface area contributed by atoms with Crippen molar-refractivity contribution in [2.45, 2.75) is 32.7 Å². The van der Waals surface area contributed by atoms with Gasteiger partial charge < -0.3 is 15.3 Å². The average molecular weight is 228 g/mol. The Bertz CT molecular complexity index is 268. The number of aliphatic hydroxyl groups excluding tert-OH is 1. The molecule has 0 radical (unpaired) electrons. The van der Waals surface area contributed by atoms with Gasteiger partial charge in [-0.05, 0) is 25.7 Å². The Kier molecular flexibility index (Phi) is 4.73.